The van der Waals surface area contributed by atoms with Crippen LogP contribution in [-0.2, 0) is 4.74 Å². The van der Waals surface area contributed by atoms with Crippen LogP contribution in [0.2, 0.25) is 5.02 Å². The number of nitrogens with zero attached hydrogens (tertiary/aromatic N) is 2. The SMILES string of the molecule is COC1CCCC(Nc2cc(C#N)c3cc(Cl)ccc3n2)C1. The first-order chi connectivity index (χ1) is 10.7. The van der Waals surface area contributed by atoms with Crippen LogP contribution >= 0.6 is 11.6 Å². The molecule has 2 unspecified atom stereocenters. The van der Waals surface area contributed by atoms with E-state index in [-0.39, 0.29) is 0 Å². The molecule has 22 heavy (non-hydrogen) atoms. The lowest BCUT2D eigenvalue weighted by Crippen LogP contribution is -2.31. The first-order valence-corrected chi connectivity index (χ1v) is 7.87. The highest BCUT2D eigenvalue weighted by atomic mass is 35.5. The van der Waals surface area contributed by atoms with E-state index in [4.69, 9.17) is 16.3 Å². The summed E-state index contributed by atoms with van der Waals surface area (Å²) in [5.41, 5.74) is 1.37. The second kappa shape index (κ2) is 6.51. The molecule has 0 bridgehead atoms. The number of halogens is 1. The summed E-state index contributed by atoms with van der Waals surface area (Å²) in [5, 5.41) is 14.2. The molecule has 2 aromatic rings. The number of methoxy groups -OCH3 is 1. The monoisotopic (exact) mass is 315 g/mol. The van der Waals surface area contributed by atoms with Crippen LogP contribution in [0.4, 0.5) is 5.82 Å². The van der Waals surface area contributed by atoms with Crippen LogP contribution in [0.25, 0.3) is 10.9 Å². The van der Waals surface area contributed by atoms with Crippen LogP contribution in [0.5, 0.6) is 0 Å². The summed E-state index contributed by atoms with van der Waals surface area (Å²) < 4.78 is 5.46. The van der Waals surface area contributed by atoms with Gasteiger partial charge in [0.15, 0.2) is 0 Å². The van der Waals surface area contributed by atoms with Gasteiger partial charge in [0.1, 0.15) is 5.82 Å². The van der Waals surface area contributed by atoms with E-state index in [1.807, 2.05) is 6.07 Å². The number of hydrogen-bond donors (Lipinski definition) is 1. The molecule has 1 aliphatic carbocycles. The van der Waals surface area contributed by atoms with Crippen LogP contribution < -0.4 is 5.32 Å². The summed E-state index contributed by atoms with van der Waals surface area (Å²) in [4.78, 5) is 4.61. The fourth-order valence-corrected chi connectivity index (χ4v) is 3.24. The van der Waals surface area contributed by atoms with Crippen molar-refractivity contribution in [2.24, 2.45) is 0 Å². The van der Waals surface area contributed by atoms with E-state index >= 15 is 0 Å². The highest BCUT2D eigenvalue weighted by Crippen LogP contribution is 2.27. The first kappa shape index (κ1) is 15.1. The molecule has 0 aliphatic heterocycles. The fourth-order valence-electron chi connectivity index (χ4n) is 3.06. The largest absolute Gasteiger partial charge is 0.381 e. The van der Waals surface area contributed by atoms with Crippen LogP contribution in [0, 0.1) is 11.3 Å². The normalized spacial score (nSPS) is 21.5. The lowest BCUT2D eigenvalue weighted by atomic mass is 9.93. The van der Waals surface area contributed by atoms with Crippen molar-refractivity contribution < 1.29 is 4.74 Å². The van der Waals surface area contributed by atoms with E-state index in [9.17, 15) is 5.26 Å². The van der Waals surface area contributed by atoms with Crippen molar-refractivity contribution in [1.29, 1.82) is 5.26 Å². The number of aromatic nitrogens is 1. The number of ether oxygens (including phenoxy) is 1. The fraction of sp³-hybridized carbons (Fsp3) is 0.412. The molecule has 4 nitrogen and oxygen atoms in total. The number of anilines is 1. The summed E-state index contributed by atoms with van der Waals surface area (Å²) in [6.07, 6.45) is 4.63. The van der Waals surface area contributed by atoms with Gasteiger partial charge in [-0.25, -0.2) is 4.98 Å². The van der Waals surface area contributed by atoms with Gasteiger partial charge >= 0.3 is 0 Å². The maximum Gasteiger partial charge on any atom is 0.128 e. The first-order valence-electron chi connectivity index (χ1n) is 7.49. The molecule has 1 aromatic carbocycles. The molecular formula is C17H18ClN3O. The Bertz CT molecular complexity index is 726. The van der Waals surface area contributed by atoms with Gasteiger partial charge in [-0.15, -0.1) is 0 Å². The van der Waals surface area contributed by atoms with Gasteiger partial charge in [0.25, 0.3) is 0 Å². The van der Waals surface area contributed by atoms with Gasteiger partial charge in [0.05, 0.1) is 23.3 Å². The highest BCUT2D eigenvalue weighted by molar-refractivity contribution is 6.31. The lowest BCUT2D eigenvalue weighted by Gasteiger charge is -2.29. The molecule has 2 atom stereocenters. The Hall–Kier alpha value is -1.83. The molecule has 3 rings (SSSR count). The topological polar surface area (TPSA) is 57.9 Å². The van der Waals surface area contributed by atoms with Crippen molar-refractivity contribution in [3.63, 3.8) is 0 Å². The summed E-state index contributed by atoms with van der Waals surface area (Å²) in [6, 6.07) is 9.80. The standard InChI is InChI=1S/C17H18ClN3O/c1-22-14-4-2-3-13(9-14)20-17-7-11(10-19)15-8-12(18)5-6-16(15)21-17/h5-8,13-14H,2-4,9H2,1H3,(H,20,21). The van der Waals surface area contributed by atoms with Crippen LogP contribution in [0.1, 0.15) is 31.2 Å². The van der Waals surface area contributed by atoms with Crippen molar-refractivity contribution in [2.75, 3.05) is 12.4 Å². The van der Waals surface area contributed by atoms with Crippen LogP contribution in [-0.4, -0.2) is 24.2 Å². The smallest absolute Gasteiger partial charge is 0.128 e. The maximum absolute atomic E-state index is 9.37. The molecule has 114 valence electrons. The minimum atomic E-state index is 0.306. The van der Waals surface area contributed by atoms with Gasteiger partial charge in [-0.1, -0.05) is 11.6 Å². The molecule has 1 aliphatic rings. The van der Waals surface area contributed by atoms with Gasteiger partial charge in [-0.2, -0.15) is 5.26 Å². The molecule has 0 spiro atoms. The van der Waals surface area contributed by atoms with Gasteiger partial charge in [0.2, 0.25) is 0 Å². The number of pyridine rings is 1. The predicted molar refractivity (Wildman–Crippen MR) is 88.1 cm³/mol. The molecule has 1 saturated carbocycles. The zero-order valence-corrected chi connectivity index (χ0v) is 13.2. The van der Waals surface area contributed by atoms with E-state index in [1.54, 1.807) is 25.3 Å². The molecule has 5 heteroatoms. The highest BCUT2D eigenvalue weighted by Gasteiger charge is 2.22. The minimum absolute atomic E-state index is 0.306. The Kier molecular flexibility index (Phi) is 4.47. The maximum atomic E-state index is 9.37. The van der Waals surface area contributed by atoms with Crippen molar-refractivity contribution in [2.45, 2.75) is 37.8 Å². The number of rotatable bonds is 3. The Morgan fingerprint density at radius 2 is 2.23 bits per heavy atom. The molecule has 1 fully saturated rings. The quantitative estimate of drug-likeness (QED) is 0.925. The molecule has 1 aromatic heterocycles. The molecule has 1 N–H and O–H groups in total. The predicted octanol–water partition coefficient (Wildman–Crippen LogP) is 4.13. The van der Waals surface area contributed by atoms with Gasteiger partial charge in [0, 0.05) is 23.6 Å². The third kappa shape index (κ3) is 3.16. The number of nitriles is 1. The second-order valence-electron chi connectivity index (χ2n) is 5.69. The van der Waals surface area contributed by atoms with Crippen molar-refractivity contribution >= 4 is 28.3 Å². The van der Waals surface area contributed by atoms with Crippen LogP contribution in [0.3, 0.4) is 0 Å². The minimum Gasteiger partial charge on any atom is -0.381 e. The van der Waals surface area contributed by atoms with E-state index < -0.39 is 0 Å². The summed E-state index contributed by atoms with van der Waals surface area (Å²) in [5.74, 6) is 0.744. The molecular weight excluding hydrogens is 298 g/mol. The van der Waals surface area contributed by atoms with Crippen molar-refractivity contribution in [3.05, 3.63) is 34.9 Å². The summed E-state index contributed by atoms with van der Waals surface area (Å²) in [7, 11) is 1.76. The molecule has 0 saturated heterocycles. The molecule has 1 heterocycles. The zero-order valence-electron chi connectivity index (χ0n) is 12.5. The third-order valence-corrected chi connectivity index (χ3v) is 4.44. The van der Waals surface area contributed by atoms with Crippen molar-refractivity contribution in [3.8, 4) is 6.07 Å². The van der Waals surface area contributed by atoms with Gasteiger partial charge in [-0.05, 0) is 49.9 Å². The average molecular weight is 316 g/mol. The molecule has 0 amide bonds. The van der Waals surface area contributed by atoms with E-state index in [2.05, 4.69) is 16.4 Å². The lowest BCUT2D eigenvalue weighted by molar-refractivity contribution is 0.0669. The van der Waals surface area contributed by atoms with Crippen LogP contribution in [0.15, 0.2) is 24.3 Å². The summed E-state index contributed by atoms with van der Waals surface area (Å²) in [6.45, 7) is 0. The number of nitrogens with one attached hydrogen (secondary N) is 1. The molecule has 0 radical (unpaired) electrons. The summed E-state index contributed by atoms with van der Waals surface area (Å²) >= 11 is 6.01. The number of fused-ring (bicyclic) bond motifs is 1. The van der Waals surface area contributed by atoms with Crippen molar-refractivity contribution in [1.82, 2.24) is 4.98 Å². The average Bonchev–Trinajstić information content (AvgIpc) is 2.54. The number of benzene rings is 1. The van der Waals surface area contributed by atoms with E-state index in [0.29, 0.717) is 22.7 Å². The van der Waals surface area contributed by atoms with E-state index in [0.717, 1.165) is 42.4 Å². The number of hydrogen-bond acceptors (Lipinski definition) is 4. The van der Waals surface area contributed by atoms with Gasteiger partial charge in [-0.3, -0.25) is 0 Å². The zero-order chi connectivity index (χ0) is 15.5. The Morgan fingerprint density at radius 3 is 3.00 bits per heavy atom. The van der Waals surface area contributed by atoms with E-state index in [1.165, 1.54) is 0 Å². The Balaban J connectivity index is 1.88. The second-order valence-corrected chi connectivity index (χ2v) is 6.13. The Labute approximate surface area is 135 Å². The Morgan fingerprint density at radius 1 is 1.36 bits per heavy atom. The third-order valence-electron chi connectivity index (χ3n) is 4.20. The van der Waals surface area contributed by atoms with Gasteiger partial charge < -0.3 is 10.1 Å².